The van der Waals surface area contributed by atoms with Crippen LogP contribution in [0.4, 0.5) is 0 Å². The van der Waals surface area contributed by atoms with E-state index in [1.807, 2.05) is 19.2 Å². The number of rotatable bonds is 1. The molecular weight excluding hydrogens is 272 g/mol. The molecule has 2 saturated carbocycles. The first-order chi connectivity index (χ1) is 10.6. The summed E-state index contributed by atoms with van der Waals surface area (Å²) < 4.78 is 0. The van der Waals surface area contributed by atoms with Crippen molar-refractivity contribution in [3.8, 4) is 5.75 Å². The van der Waals surface area contributed by atoms with Crippen molar-refractivity contribution in [3.05, 3.63) is 29.3 Å². The third-order valence-electron chi connectivity index (χ3n) is 6.70. The number of nitrogens with one attached hydrogen (secondary N) is 1. The van der Waals surface area contributed by atoms with E-state index < -0.39 is 0 Å². The maximum atomic E-state index is 9.75. The van der Waals surface area contributed by atoms with Gasteiger partial charge in [-0.05, 0) is 79.5 Å². The van der Waals surface area contributed by atoms with Crippen molar-refractivity contribution in [2.75, 3.05) is 7.05 Å². The highest BCUT2D eigenvalue weighted by molar-refractivity contribution is 5.92. The number of hydrazone groups is 1. The maximum absolute atomic E-state index is 9.75. The number of aromatic hydroxyl groups is 1. The van der Waals surface area contributed by atoms with Crippen molar-refractivity contribution in [3.63, 3.8) is 0 Å². The van der Waals surface area contributed by atoms with Crippen molar-refractivity contribution in [1.29, 1.82) is 0 Å². The molecule has 3 heteroatoms. The Morgan fingerprint density at radius 1 is 1.23 bits per heavy atom. The minimum atomic E-state index is 0.304. The summed E-state index contributed by atoms with van der Waals surface area (Å²) in [6, 6.07) is 6.04. The molecule has 0 radical (unpaired) electrons. The second-order valence-corrected chi connectivity index (χ2v) is 7.58. The molecule has 3 aliphatic carbocycles. The minimum absolute atomic E-state index is 0.304. The van der Waals surface area contributed by atoms with Gasteiger partial charge in [-0.25, -0.2) is 0 Å². The molecule has 3 nitrogen and oxygen atoms in total. The number of benzene rings is 1. The average Bonchev–Trinajstić information content (AvgIpc) is 2.84. The molecule has 0 aliphatic heterocycles. The molecule has 0 bridgehead atoms. The molecule has 0 unspecified atom stereocenters. The molecule has 118 valence electrons. The number of hydrogen-bond donors (Lipinski definition) is 2. The lowest BCUT2D eigenvalue weighted by Gasteiger charge is -2.49. The van der Waals surface area contributed by atoms with Crippen molar-refractivity contribution in [2.24, 2.45) is 22.4 Å². The van der Waals surface area contributed by atoms with E-state index in [9.17, 15) is 5.11 Å². The summed E-state index contributed by atoms with van der Waals surface area (Å²) in [5.41, 5.74) is 7.62. The van der Waals surface area contributed by atoms with Crippen LogP contribution < -0.4 is 5.43 Å². The number of hydrogen-bond acceptors (Lipinski definition) is 3. The van der Waals surface area contributed by atoms with Gasteiger partial charge in [0.2, 0.25) is 0 Å². The summed E-state index contributed by atoms with van der Waals surface area (Å²) in [6.45, 7) is 2.45. The van der Waals surface area contributed by atoms with E-state index in [2.05, 4.69) is 23.5 Å². The molecule has 1 aromatic rings. The Morgan fingerprint density at radius 3 is 2.91 bits per heavy atom. The first-order valence-electron chi connectivity index (χ1n) is 8.69. The summed E-state index contributed by atoms with van der Waals surface area (Å²) in [6.07, 6.45) is 7.36. The van der Waals surface area contributed by atoms with E-state index in [1.165, 1.54) is 42.5 Å². The van der Waals surface area contributed by atoms with Crippen molar-refractivity contribution >= 4 is 5.71 Å². The molecule has 0 aromatic heterocycles. The fourth-order valence-corrected chi connectivity index (χ4v) is 5.68. The van der Waals surface area contributed by atoms with Crippen LogP contribution in [0, 0.1) is 17.3 Å². The van der Waals surface area contributed by atoms with Gasteiger partial charge >= 0.3 is 0 Å². The van der Waals surface area contributed by atoms with Crippen LogP contribution in [-0.2, 0) is 6.42 Å². The number of aryl methyl sites for hydroxylation is 1. The Kier molecular flexibility index (Phi) is 3.21. The lowest BCUT2D eigenvalue weighted by molar-refractivity contribution is 0.0954. The molecule has 4 atom stereocenters. The predicted octanol–water partition coefficient (Wildman–Crippen LogP) is 3.82. The Bertz CT molecular complexity index is 624. The van der Waals surface area contributed by atoms with Crippen LogP contribution in [0.1, 0.15) is 56.1 Å². The summed E-state index contributed by atoms with van der Waals surface area (Å²) in [7, 11) is 1.92. The van der Waals surface area contributed by atoms with Crippen LogP contribution in [0.2, 0.25) is 0 Å². The quantitative estimate of drug-likeness (QED) is 0.774. The highest BCUT2D eigenvalue weighted by Crippen LogP contribution is 2.59. The van der Waals surface area contributed by atoms with Crippen LogP contribution >= 0.6 is 0 Å². The zero-order valence-electron chi connectivity index (χ0n) is 13.6. The fourth-order valence-electron chi connectivity index (χ4n) is 5.68. The summed E-state index contributed by atoms with van der Waals surface area (Å²) >= 11 is 0. The van der Waals surface area contributed by atoms with Gasteiger partial charge in [-0.3, -0.25) is 0 Å². The van der Waals surface area contributed by atoms with Crippen molar-refractivity contribution < 1.29 is 5.11 Å². The number of fused-ring (bicyclic) bond motifs is 5. The maximum Gasteiger partial charge on any atom is 0.115 e. The molecule has 2 fully saturated rings. The first-order valence-corrected chi connectivity index (χ1v) is 8.69. The summed E-state index contributed by atoms with van der Waals surface area (Å²) in [4.78, 5) is 0. The third kappa shape index (κ3) is 1.90. The van der Waals surface area contributed by atoms with Crippen LogP contribution in [0.15, 0.2) is 23.3 Å². The zero-order valence-corrected chi connectivity index (χ0v) is 13.6. The Balaban J connectivity index is 1.69. The van der Waals surface area contributed by atoms with Gasteiger partial charge in [-0.2, -0.15) is 5.10 Å². The monoisotopic (exact) mass is 298 g/mol. The smallest absolute Gasteiger partial charge is 0.115 e. The van der Waals surface area contributed by atoms with Crippen molar-refractivity contribution in [2.45, 2.75) is 51.4 Å². The molecule has 4 rings (SSSR count). The second-order valence-electron chi connectivity index (χ2n) is 7.58. The zero-order chi connectivity index (χ0) is 15.3. The van der Waals surface area contributed by atoms with Crippen LogP contribution in [0.5, 0.6) is 5.75 Å². The molecule has 1 aromatic carbocycles. The van der Waals surface area contributed by atoms with E-state index in [0.717, 1.165) is 24.7 Å². The Labute approximate surface area is 132 Å². The highest BCUT2D eigenvalue weighted by Gasteiger charge is 2.53. The van der Waals surface area contributed by atoms with Crippen molar-refractivity contribution in [1.82, 2.24) is 5.43 Å². The number of phenolic OH excluding ortho intramolecular Hbond substituents is 1. The molecule has 0 amide bonds. The summed E-state index contributed by atoms with van der Waals surface area (Å²) in [5.74, 6) is 2.68. The van der Waals surface area contributed by atoms with Gasteiger partial charge < -0.3 is 10.5 Å². The Morgan fingerprint density at radius 2 is 2.09 bits per heavy atom. The molecule has 3 aliphatic rings. The molecular formula is C19H26N2O. The van der Waals surface area contributed by atoms with Gasteiger partial charge in [-0.15, -0.1) is 0 Å². The second kappa shape index (κ2) is 5.00. The molecule has 0 heterocycles. The normalized spacial score (nSPS) is 38.3. The number of nitrogens with zero attached hydrogens (tertiary/aromatic N) is 1. The van der Waals surface area contributed by atoms with Gasteiger partial charge in [0.1, 0.15) is 5.75 Å². The van der Waals surface area contributed by atoms with Crippen LogP contribution in [-0.4, -0.2) is 17.9 Å². The third-order valence-corrected chi connectivity index (χ3v) is 6.70. The minimum Gasteiger partial charge on any atom is -0.508 e. The summed E-state index contributed by atoms with van der Waals surface area (Å²) in [5, 5.41) is 14.4. The standard InChI is InChI=1S/C19H26N2O/c1-19-10-9-15-14-6-4-13(22)11-12(14)3-5-16(15)17(19)7-8-18(19)21-20-2/h4,6,11,15-17,20,22H,3,5,7-10H2,1-2H3/b21-18+/t15-,16-,17+,19+/m0/s1. The SMILES string of the molecule is CN/N=C1\CC[C@@H]2[C@H]3CCc4cc(O)ccc4[C@@H]3CC[C@@]12C. The topological polar surface area (TPSA) is 44.6 Å². The largest absolute Gasteiger partial charge is 0.508 e. The fraction of sp³-hybridized carbons (Fsp3) is 0.632. The van der Waals surface area contributed by atoms with Gasteiger partial charge in [-0.1, -0.05) is 13.0 Å². The van der Waals surface area contributed by atoms with Crippen LogP contribution in [0.25, 0.3) is 0 Å². The van der Waals surface area contributed by atoms with Gasteiger partial charge in [0.25, 0.3) is 0 Å². The van der Waals surface area contributed by atoms with E-state index in [4.69, 9.17) is 0 Å². The molecule has 0 spiro atoms. The van der Waals surface area contributed by atoms with E-state index in [1.54, 1.807) is 0 Å². The van der Waals surface area contributed by atoms with Gasteiger partial charge in [0.05, 0.1) is 0 Å². The van der Waals surface area contributed by atoms with Gasteiger partial charge in [0.15, 0.2) is 0 Å². The Hall–Kier alpha value is -1.51. The van der Waals surface area contributed by atoms with Gasteiger partial charge in [0, 0.05) is 18.2 Å². The number of phenols is 1. The first kappa shape index (κ1) is 14.1. The lowest BCUT2D eigenvalue weighted by atomic mass is 9.55. The van der Waals surface area contributed by atoms with Crippen LogP contribution in [0.3, 0.4) is 0 Å². The van der Waals surface area contributed by atoms with E-state index >= 15 is 0 Å². The lowest BCUT2D eigenvalue weighted by Crippen LogP contribution is -2.42. The highest BCUT2D eigenvalue weighted by atomic mass is 16.3. The van der Waals surface area contributed by atoms with E-state index in [-0.39, 0.29) is 0 Å². The molecule has 2 N–H and O–H groups in total. The molecule has 0 saturated heterocycles. The average molecular weight is 298 g/mol. The van der Waals surface area contributed by atoms with E-state index in [0.29, 0.717) is 17.1 Å². The predicted molar refractivity (Wildman–Crippen MR) is 89.2 cm³/mol. The molecule has 22 heavy (non-hydrogen) atoms.